The summed E-state index contributed by atoms with van der Waals surface area (Å²) in [4.78, 5) is 0. The summed E-state index contributed by atoms with van der Waals surface area (Å²) < 4.78 is 19.6. The maximum atomic E-state index is 8.75. The maximum Gasteiger partial charge on any atom is 0.212 e. The van der Waals surface area contributed by atoms with E-state index in [2.05, 4.69) is 60.0 Å². The molecule has 3 aromatic carbocycles. The minimum Gasteiger partial charge on any atom is -0.201 e. The largest absolute Gasteiger partial charge is 0.212 e. The lowest BCUT2D eigenvalue weighted by Crippen LogP contribution is -2.31. The number of pyridine rings is 1. The standard InChI is InChI=1S/C28H28N/c1-18-21(25-16-19(14-15-29(25)5)17-28(2,3)4)12-13-23-22-10-6-8-20-9-7-11-24(26(18)23)27(20)22/h6-16H,17H2,1-5H3/q+1/i17D2. The monoisotopic (exact) mass is 380 g/mol. The molecule has 0 N–H and O–H groups in total. The Labute approximate surface area is 176 Å². The molecule has 0 amide bonds. The van der Waals surface area contributed by atoms with Crippen molar-refractivity contribution in [3.63, 3.8) is 0 Å². The number of hydrogen-bond acceptors (Lipinski definition) is 0. The van der Waals surface area contributed by atoms with Crippen LogP contribution in [0.15, 0.2) is 66.9 Å². The van der Waals surface area contributed by atoms with Crippen LogP contribution in [-0.2, 0) is 13.4 Å². The third-order valence-electron chi connectivity index (χ3n) is 5.87. The van der Waals surface area contributed by atoms with Crippen LogP contribution in [0.3, 0.4) is 0 Å². The van der Waals surface area contributed by atoms with E-state index in [9.17, 15) is 0 Å². The van der Waals surface area contributed by atoms with E-state index < -0.39 is 11.8 Å². The van der Waals surface area contributed by atoms with Gasteiger partial charge in [0.2, 0.25) is 5.69 Å². The summed E-state index contributed by atoms with van der Waals surface area (Å²) in [6, 6.07) is 21.5. The summed E-state index contributed by atoms with van der Waals surface area (Å²) in [5.74, 6) is 0. The summed E-state index contributed by atoms with van der Waals surface area (Å²) >= 11 is 0. The lowest BCUT2D eigenvalue weighted by molar-refractivity contribution is -0.660. The Bertz CT molecular complexity index is 1350. The Hall–Kier alpha value is -2.93. The van der Waals surface area contributed by atoms with E-state index in [4.69, 9.17) is 2.74 Å². The van der Waals surface area contributed by atoms with Crippen LogP contribution in [-0.4, -0.2) is 0 Å². The van der Waals surface area contributed by atoms with Crippen LogP contribution in [0.25, 0.3) is 44.3 Å². The molecule has 0 saturated heterocycles. The van der Waals surface area contributed by atoms with Gasteiger partial charge in [0, 0.05) is 20.4 Å². The highest BCUT2D eigenvalue weighted by atomic mass is 14.9. The molecule has 1 nitrogen and oxygen atoms in total. The van der Waals surface area contributed by atoms with Crippen LogP contribution in [0.5, 0.6) is 0 Å². The van der Waals surface area contributed by atoms with Crippen LogP contribution in [0, 0.1) is 12.3 Å². The first-order valence-corrected chi connectivity index (χ1v) is 10.3. The van der Waals surface area contributed by atoms with Gasteiger partial charge in [0.25, 0.3) is 0 Å². The second kappa shape index (κ2) is 6.29. The van der Waals surface area contributed by atoms with Gasteiger partial charge < -0.3 is 0 Å². The van der Waals surface area contributed by atoms with Gasteiger partial charge in [-0.2, -0.15) is 0 Å². The molecule has 1 heteroatoms. The van der Waals surface area contributed by atoms with Crippen molar-refractivity contribution in [3.8, 4) is 33.5 Å². The van der Waals surface area contributed by atoms with E-state index in [0.717, 1.165) is 16.8 Å². The SMILES string of the molecule is [2H]C([2H])(c1cc[n+](C)c(-c2ccc3c(c2C)-c2cccc4cccc-3c24)c1)C(C)(C)C. The fraction of sp³-hybridized carbons (Fsp3) is 0.250. The average Bonchev–Trinajstić information content (AvgIpc) is 3.05. The molecule has 0 spiro atoms. The number of nitrogens with zero attached hydrogens (tertiary/aromatic N) is 1. The first-order valence-electron chi connectivity index (χ1n) is 11.3. The predicted octanol–water partition coefficient (Wildman–Crippen LogP) is 6.88. The minimum absolute atomic E-state index is 0.492. The molecular formula is C28H28N+. The quantitative estimate of drug-likeness (QED) is 0.294. The van der Waals surface area contributed by atoms with Gasteiger partial charge in [0.15, 0.2) is 6.20 Å². The molecule has 0 saturated carbocycles. The second-order valence-electron chi connectivity index (χ2n) is 9.16. The Balaban J connectivity index is 1.74. The van der Waals surface area contributed by atoms with Crippen LogP contribution in [0.4, 0.5) is 0 Å². The Morgan fingerprint density at radius 2 is 1.55 bits per heavy atom. The van der Waals surface area contributed by atoms with Gasteiger partial charge in [-0.3, -0.25) is 0 Å². The second-order valence-corrected chi connectivity index (χ2v) is 9.16. The smallest absolute Gasteiger partial charge is 0.201 e. The molecule has 0 bridgehead atoms. The highest BCUT2D eigenvalue weighted by molar-refractivity contribution is 6.16. The number of hydrogen-bond donors (Lipinski definition) is 0. The van der Waals surface area contributed by atoms with E-state index >= 15 is 0 Å². The number of aromatic nitrogens is 1. The third kappa shape index (κ3) is 2.88. The lowest BCUT2D eigenvalue weighted by atomic mass is 9.87. The summed E-state index contributed by atoms with van der Waals surface area (Å²) in [5, 5.41) is 2.61. The highest BCUT2D eigenvalue weighted by Gasteiger charge is 2.26. The molecule has 1 aliphatic rings. The van der Waals surface area contributed by atoms with Crippen molar-refractivity contribution in [2.75, 3.05) is 0 Å². The molecule has 0 aliphatic heterocycles. The van der Waals surface area contributed by atoms with Gasteiger partial charge in [-0.05, 0) is 68.9 Å². The Kier molecular flexibility index (Phi) is 3.45. The fourth-order valence-electron chi connectivity index (χ4n) is 4.68. The van der Waals surface area contributed by atoms with Gasteiger partial charge in [0.1, 0.15) is 7.05 Å². The van der Waals surface area contributed by atoms with Gasteiger partial charge in [-0.15, -0.1) is 0 Å². The number of aryl methyl sites for hydroxylation is 1. The average molecular weight is 381 g/mol. The molecular weight excluding hydrogens is 350 g/mol. The van der Waals surface area contributed by atoms with Crippen molar-refractivity contribution in [2.24, 2.45) is 12.5 Å². The maximum absolute atomic E-state index is 8.75. The number of rotatable bonds is 2. The number of fused-ring (bicyclic) bond motifs is 3. The molecule has 0 radical (unpaired) electrons. The molecule has 5 rings (SSSR count). The van der Waals surface area contributed by atoms with E-state index in [-0.39, 0.29) is 0 Å². The molecule has 4 aromatic rings. The van der Waals surface area contributed by atoms with Crippen molar-refractivity contribution in [2.45, 2.75) is 34.1 Å². The molecule has 0 fully saturated rings. The summed E-state index contributed by atoms with van der Waals surface area (Å²) in [6.07, 6.45) is 0.554. The predicted molar refractivity (Wildman–Crippen MR) is 123 cm³/mol. The molecule has 1 aliphatic carbocycles. The molecule has 29 heavy (non-hydrogen) atoms. The van der Waals surface area contributed by atoms with Gasteiger partial charge in [-0.25, -0.2) is 4.57 Å². The van der Waals surface area contributed by atoms with E-state index in [0.29, 0.717) is 0 Å². The normalized spacial score (nSPS) is 14.0. The molecule has 0 unspecified atom stereocenters. The van der Waals surface area contributed by atoms with Crippen molar-refractivity contribution in [1.82, 2.24) is 0 Å². The van der Waals surface area contributed by atoms with Crippen LogP contribution >= 0.6 is 0 Å². The first-order chi connectivity index (χ1) is 14.6. The molecule has 144 valence electrons. The lowest BCUT2D eigenvalue weighted by Gasteiger charge is -2.18. The third-order valence-corrected chi connectivity index (χ3v) is 5.87. The molecule has 0 atom stereocenters. The van der Waals surface area contributed by atoms with Crippen LogP contribution in [0.1, 0.15) is 34.6 Å². The Morgan fingerprint density at radius 3 is 2.28 bits per heavy atom. The summed E-state index contributed by atoms with van der Waals surface area (Å²) in [7, 11) is 2.04. The fourth-order valence-corrected chi connectivity index (χ4v) is 4.68. The first kappa shape index (κ1) is 15.9. The van der Waals surface area contributed by atoms with Crippen LogP contribution < -0.4 is 4.57 Å². The van der Waals surface area contributed by atoms with Crippen molar-refractivity contribution in [1.29, 1.82) is 0 Å². The van der Waals surface area contributed by atoms with Crippen molar-refractivity contribution in [3.05, 3.63) is 78.0 Å². The van der Waals surface area contributed by atoms with Gasteiger partial charge in [0.05, 0.1) is 0 Å². The zero-order valence-electron chi connectivity index (χ0n) is 19.8. The van der Waals surface area contributed by atoms with E-state index in [1.165, 1.54) is 38.6 Å². The van der Waals surface area contributed by atoms with Crippen molar-refractivity contribution >= 4 is 10.8 Å². The van der Waals surface area contributed by atoms with Gasteiger partial charge >= 0.3 is 0 Å². The zero-order valence-corrected chi connectivity index (χ0v) is 17.8. The van der Waals surface area contributed by atoms with Gasteiger partial charge in [-0.1, -0.05) is 63.2 Å². The zero-order chi connectivity index (χ0) is 22.1. The van der Waals surface area contributed by atoms with Crippen molar-refractivity contribution < 1.29 is 7.31 Å². The summed E-state index contributed by atoms with van der Waals surface area (Å²) in [5.41, 5.74) is 8.85. The topological polar surface area (TPSA) is 3.88 Å². The molecule has 1 aromatic heterocycles. The highest BCUT2D eigenvalue weighted by Crippen LogP contribution is 2.50. The van der Waals surface area contributed by atoms with Crippen LogP contribution in [0.2, 0.25) is 0 Å². The van der Waals surface area contributed by atoms with E-state index in [1.54, 1.807) is 0 Å². The molecule has 1 heterocycles. The summed E-state index contributed by atoms with van der Waals surface area (Å²) in [6.45, 7) is 8.07. The minimum atomic E-state index is -1.43. The van der Waals surface area contributed by atoms with E-state index in [1.807, 2.05) is 46.1 Å². The Morgan fingerprint density at radius 1 is 0.862 bits per heavy atom. The number of benzene rings is 3.